The van der Waals surface area contributed by atoms with Crippen molar-refractivity contribution in [3.05, 3.63) is 18.2 Å². The van der Waals surface area contributed by atoms with Crippen molar-refractivity contribution in [3.8, 4) is 5.75 Å². The Kier molecular flexibility index (Phi) is 2.65. The van der Waals surface area contributed by atoms with Crippen molar-refractivity contribution >= 4 is 17.3 Å². The topological polar surface area (TPSA) is 41.6 Å². The van der Waals surface area contributed by atoms with Crippen molar-refractivity contribution in [2.45, 2.75) is 32.2 Å². The molecule has 2 aliphatic heterocycles. The molecule has 2 heterocycles. The van der Waals surface area contributed by atoms with E-state index in [0.29, 0.717) is 18.4 Å². The van der Waals surface area contributed by atoms with Crippen LogP contribution in [0.4, 0.5) is 11.4 Å². The zero-order valence-corrected chi connectivity index (χ0v) is 11.8. The predicted octanol–water partition coefficient (Wildman–Crippen LogP) is 2.64. The van der Waals surface area contributed by atoms with Crippen LogP contribution in [0.1, 0.15) is 26.2 Å². The lowest BCUT2D eigenvalue weighted by Gasteiger charge is -2.35. The van der Waals surface area contributed by atoms with Gasteiger partial charge in [0.15, 0.2) is 0 Å². The fourth-order valence-electron chi connectivity index (χ4n) is 4.25. The molecule has 4 nitrogen and oxygen atoms in total. The predicted molar refractivity (Wildman–Crippen MR) is 78.2 cm³/mol. The molecule has 0 spiro atoms. The maximum absolute atomic E-state index is 12.5. The minimum Gasteiger partial charge on any atom is -0.492 e. The lowest BCUT2D eigenvalue weighted by Crippen LogP contribution is -2.46. The van der Waals surface area contributed by atoms with Crippen LogP contribution >= 0.6 is 0 Å². The number of ether oxygens (including phenoxy) is 1. The molecular weight excluding hydrogens is 252 g/mol. The van der Waals surface area contributed by atoms with Crippen molar-refractivity contribution in [3.63, 3.8) is 0 Å². The summed E-state index contributed by atoms with van der Waals surface area (Å²) in [5.41, 5.74) is 1.99. The number of benzene rings is 1. The molecule has 1 amide bonds. The van der Waals surface area contributed by atoms with Gasteiger partial charge in [-0.25, -0.2) is 0 Å². The van der Waals surface area contributed by atoms with Crippen molar-refractivity contribution < 1.29 is 9.53 Å². The normalized spacial score (nSPS) is 30.6. The summed E-state index contributed by atoms with van der Waals surface area (Å²) in [6.45, 7) is 3.60. The Balaban J connectivity index is 1.77. The Morgan fingerprint density at radius 1 is 1.40 bits per heavy atom. The number of para-hydroxylation sites is 1. The van der Waals surface area contributed by atoms with Gasteiger partial charge in [0.2, 0.25) is 5.91 Å². The lowest BCUT2D eigenvalue weighted by molar-refractivity contribution is -0.118. The number of carbonyl (C=O) groups is 1. The zero-order valence-electron chi connectivity index (χ0n) is 11.8. The van der Waals surface area contributed by atoms with Gasteiger partial charge in [-0.1, -0.05) is 12.5 Å². The van der Waals surface area contributed by atoms with Crippen LogP contribution in [0.2, 0.25) is 0 Å². The molecule has 106 valence electrons. The second-order valence-corrected chi connectivity index (χ2v) is 6.02. The van der Waals surface area contributed by atoms with Gasteiger partial charge in [0.25, 0.3) is 0 Å². The summed E-state index contributed by atoms with van der Waals surface area (Å²) in [7, 11) is 0. The number of fused-ring (bicyclic) bond motifs is 5. The smallest absolute Gasteiger partial charge is 0.247 e. The van der Waals surface area contributed by atoms with Crippen molar-refractivity contribution in [2.24, 2.45) is 11.8 Å². The standard InChI is InChI=1S/C16H20N2O2/c1-2-20-13-8-4-7-12-14(13)17-16(19)15-11-6-3-5-10(11)9-18(12)15/h4,7-8,10-11,15H,2-3,5-6,9H2,1H3,(H,17,19). The Morgan fingerprint density at radius 3 is 3.15 bits per heavy atom. The van der Waals surface area contributed by atoms with Gasteiger partial charge in [0, 0.05) is 6.54 Å². The molecule has 4 heteroatoms. The van der Waals surface area contributed by atoms with Crippen LogP contribution in [-0.2, 0) is 4.79 Å². The zero-order chi connectivity index (χ0) is 13.7. The van der Waals surface area contributed by atoms with Crippen molar-refractivity contribution in [1.29, 1.82) is 0 Å². The van der Waals surface area contributed by atoms with Gasteiger partial charge >= 0.3 is 0 Å². The summed E-state index contributed by atoms with van der Waals surface area (Å²) < 4.78 is 5.65. The van der Waals surface area contributed by atoms with Gasteiger partial charge in [-0.05, 0) is 43.7 Å². The molecule has 3 aliphatic rings. The van der Waals surface area contributed by atoms with Crippen LogP contribution in [-0.4, -0.2) is 25.1 Å². The highest BCUT2D eigenvalue weighted by molar-refractivity contribution is 6.06. The van der Waals surface area contributed by atoms with E-state index in [9.17, 15) is 4.79 Å². The average Bonchev–Trinajstić information content (AvgIpc) is 3.00. The van der Waals surface area contributed by atoms with Crippen molar-refractivity contribution in [2.75, 3.05) is 23.4 Å². The number of amides is 1. The molecule has 3 atom stereocenters. The van der Waals surface area contributed by atoms with Gasteiger partial charge in [0.05, 0.1) is 12.3 Å². The molecule has 1 saturated carbocycles. The molecular formula is C16H20N2O2. The molecule has 4 rings (SSSR count). The molecule has 3 unspecified atom stereocenters. The van der Waals surface area contributed by atoms with Crippen LogP contribution in [0.15, 0.2) is 18.2 Å². The van der Waals surface area contributed by atoms with Crippen LogP contribution in [0.25, 0.3) is 0 Å². The maximum atomic E-state index is 12.5. The first-order chi connectivity index (χ1) is 9.79. The fourth-order valence-corrected chi connectivity index (χ4v) is 4.25. The van der Waals surface area contributed by atoms with Crippen LogP contribution in [0.5, 0.6) is 5.75 Å². The highest BCUT2D eigenvalue weighted by atomic mass is 16.5. The van der Waals surface area contributed by atoms with Gasteiger partial charge in [-0.15, -0.1) is 0 Å². The van der Waals surface area contributed by atoms with Gasteiger partial charge in [-0.2, -0.15) is 0 Å². The van der Waals surface area contributed by atoms with Gasteiger partial charge in [-0.3, -0.25) is 4.79 Å². The Labute approximate surface area is 119 Å². The van der Waals surface area contributed by atoms with E-state index in [1.165, 1.54) is 19.3 Å². The van der Waals surface area contributed by atoms with Crippen LogP contribution in [0.3, 0.4) is 0 Å². The second-order valence-electron chi connectivity index (χ2n) is 6.02. The molecule has 0 bridgehead atoms. The molecule has 1 N–H and O–H groups in total. The Morgan fingerprint density at radius 2 is 2.30 bits per heavy atom. The number of carbonyl (C=O) groups excluding carboxylic acids is 1. The average molecular weight is 272 g/mol. The van der Waals surface area contributed by atoms with Crippen LogP contribution in [0, 0.1) is 11.8 Å². The van der Waals surface area contributed by atoms with E-state index >= 15 is 0 Å². The molecule has 1 saturated heterocycles. The largest absolute Gasteiger partial charge is 0.492 e. The Hall–Kier alpha value is -1.71. The third kappa shape index (κ3) is 1.57. The molecule has 2 fully saturated rings. The van der Waals surface area contributed by atoms with E-state index in [2.05, 4.69) is 16.3 Å². The summed E-state index contributed by atoms with van der Waals surface area (Å²) in [5, 5.41) is 3.09. The van der Waals surface area contributed by atoms with E-state index in [4.69, 9.17) is 4.74 Å². The number of anilines is 2. The lowest BCUT2D eigenvalue weighted by atomic mass is 9.92. The van der Waals surface area contributed by atoms with Crippen LogP contribution < -0.4 is 15.0 Å². The van der Waals surface area contributed by atoms with Crippen molar-refractivity contribution in [1.82, 2.24) is 0 Å². The number of rotatable bonds is 2. The highest BCUT2D eigenvalue weighted by Crippen LogP contribution is 2.49. The number of hydrogen-bond donors (Lipinski definition) is 1. The molecule has 1 aliphatic carbocycles. The first kappa shape index (κ1) is 12.1. The molecule has 1 aromatic carbocycles. The van der Waals surface area contributed by atoms with E-state index in [1.807, 2.05) is 19.1 Å². The summed E-state index contributed by atoms with van der Waals surface area (Å²) >= 11 is 0. The maximum Gasteiger partial charge on any atom is 0.247 e. The third-order valence-electron chi connectivity index (χ3n) is 5.02. The first-order valence-electron chi connectivity index (χ1n) is 7.63. The summed E-state index contributed by atoms with van der Waals surface area (Å²) in [6.07, 6.45) is 3.74. The minimum absolute atomic E-state index is 0.0341. The van der Waals surface area contributed by atoms with E-state index in [1.54, 1.807) is 0 Å². The summed E-state index contributed by atoms with van der Waals surface area (Å²) in [5.74, 6) is 2.17. The van der Waals surface area contributed by atoms with E-state index < -0.39 is 0 Å². The SMILES string of the molecule is CCOc1cccc2c1NC(=O)C1C3CCCC3CN21. The van der Waals surface area contributed by atoms with E-state index in [-0.39, 0.29) is 11.9 Å². The highest BCUT2D eigenvalue weighted by Gasteiger charge is 2.50. The molecule has 0 aromatic heterocycles. The number of nitrogens with one attached hydrogen (secondary N) is 1. The summed E-state index contributed by atoms with van der Waals surface area (Å²) in [4.78, 5) is 14.8. The van der Waals surface area contributed by atoms with Gasteiger partial charge in [0.1, 0.15) is 17.5 Å². The third-order valence-corrected chi connectivity index (χ3v) is 5.02. The second kappa shape index (κ2) is 4.40. The van der Waals surface area contributed by atoms with E-state index in [0.717, 1.165) is 23.7 Å². The number of nitrogens with zero attached hydrogens (tertiary/aromatic N) is 1. The quantitative estimate of drug-likeness (QED) is 0.900. The molecule has 0 radical (unpaired) electrons. The first-order valence-corrected chi connectivity index (χ1v) is 7.63. The Bertz CT molecular complexity index is 557. The number of hydrogen-bond acceptors (Lipinski definition) is 3. The molecule has 20 heavy (non-hydrogen) atoms. The monoisotopic (exact) mass is 272 g/mol. The fraction of sp³-hybridized carbons (Fsp3) is 0.562. The van der Waals surface area contributed by atoms with Gasteiger partial charge < -0.3 is 15.0 Å². The molecule has 1 aromatic rings. The minimum atomic E-state index is 0.0341. The summed E-state index contributed by atoms with van der Waals surface area (Å²) in [6, 6.07) is 6.09.